The molecule has 3 nitrogen and oxygen atoms in total. The number of benzene rings is 2. The Morgan fingerprint density at radius 3 is 2.55 bits per heavy atom. The summed E-state index contributed by atoms with van der Waals surface area (Å²) in [5, 5.41) is 9.88. The fourth-order valence-corrected chi connectivity index (χ4v) is 1.93. The van der Waals surface area contributed by atoms with Crippen molar-refractivity contribution in [3.63, 3.8) is 0 Å². The maximum absolute atomic E-state index is 11.2. The Bertz CT molecular complexity index is 615. The van der Waals surface area contributed by atoms with E-state index in [2.05, 4.69) is 0 Å². The van der Waals surface area contributed by atoms with Crippen LogP contribution in [-0.2, 0) is 11.2 Å². The van der Waals surface area contributed by atoms with Crippen LogP contribution >= 0.6 is 0 Å². The maximum Gasteiger partial charge on any atom is 0.150 e. The normalized spacial score (nSPS) is 11.2. The van der Waals surface area contributed by atoms with Crippen molar-refractivity contribution in [2.45, 2.75) is 6.42 Å². The molecule has 0 radical (unpaired) electrons. The molecule has 0 aliphatic carbocycles. The lowest BCUT2D eigenvalue weighted by Gasteiger charge is -2.05. The van der Waals surface area contributed by atoms with E-state index in [1.165, 1.54) is 0 Å². The van der Waals surface area contributed by atoms with Gasteiger partial charge in [-0.05, 0) is 23.6 Å². The lowest BCUT2D eigenvalue weighted by Crippen LogP contribution is -1.90. The predicted octanol–water partition coefficient (Wildman–Crippen LogP) is 3.23. The summed E-state index contributed by atoms with van der Waals surface area (Å²) in [5.41, 5.74) is 2.23. The molecule has 2 aromatic carbocycles. The van der Waals surface area contributed by atoms with E-state index in [1.807, 2.05) is 36.4 Å². The Balaban J connectivity index is 2.21. The molecule has 1 N–H and O–H groups in total. The fraction of sp³-hybridized carbons (Fsp3) is 0.118. The van der Waals surface area contributed by atoms with Crippen LogP contribution in [0.1, 0.15) is 11.1 Å². The molecule has 0 saturated heterocycles. The molecule has 0 spiro atoms. The highest BCUT2D eigenvalue weighted by Gasteiger charge is 2.04. The van der Waals surface area contributed by atoms with E-state index in [0.29, 0.717) is 17.7 Å². The number of phenolic OH excluding ortho intramolecular Hbond substituents is 1. The van der Waals surface area contributed by atoms with Gasteiger partial charge in [-0.2, -0.15) is 0 Å². The van der Waals surface area contributed by atoms with Crippen LogP contribution in [0.5, 0.6) is 11.5 Å². The summed E-state index contributed by atoms with van der Waals surface area (Å²) in [7, 11) is 1.55. The first kappa shape index (κ1) is 13.9. The van der Waals surface area contributed by atoms with Gasteiger partial charge in [-0.25, -0.2) is 0 Å². The van der Waals surface area contributed by atoms with Gasteiger partial charge < -0.3 is 9.84 Å². The fourth-order valence-electron chi connectivity index (χ4n) is 1.93. The third-order valence-electron chi connectivity index (χ3n) is 3.07. The molecule has 20 heavy (non-hydrogen) atoms. The van der Waals surface area contributed by atoms with Crippen LogP contribution in [0.4, 0.5) is 0 Å². The van der Waals surface area contributed by atoms with Crippen LogP contribution in [0.2, 0.25) is 0 Å². The number of hydrogen-bond donors (Lipinski definition) is 1. The zero-order valence-corrected chi connectivity index (χ0v) is 11.2. The van der Waals surface area contributed by atoms with Crippen molar-refractivity contribution in [2.24, 2.45) is 0 Å². The van der Waals surface area contributed by atoms with E-state index in [9.17, 15) is 9.90 Å². The van der Waals surface area contributed by atoms with Gasteiger partial charge in [0, 0.05) is 11.6 Å². The summed E-state index contributed by atoms with van der Waals surface area (Å²) in [5.74, 6) is 0.771. The zero-order valence-electron chi connectivity index (χ0n) is 11.2. The number of ether oxygens (including phenoxy) is 1. The number of methoxy groups -OCH3 is 1. The number of allylic oxidation sites excluding steroid dienone is 2. The molecule has 0 heterocycles. The number of aldehydes is 1. The SMILES string of the molecule is COc1ccc(CC=C(C=O)c2ccccc2)c(O)c1. The lowest BCUT2D eigenvalue weighted by atomic mass is 10.0. The highest BCUT2D eigenvalue weighted by Crippen LogP contribution is 2.24. The molecule has 0 unspecified atom stereocenters. The first-order chi connectivity index (χ1) is 9.74. The molecule has 0 aliphatic rings. The third-order valence-corrected chi connectivity index (χ3v) is 3.07. The molecule has 0 bridgehead atoms. The van der Waals surface area contributed by atoms with Gasteiger partial charge in [-0.3, -0.25) is 4.79 Å². The predicted molar refractivity (Wildman–Crippen MR) is 78.8 cm³/mol. The molecule has 0 saturated carbocycles. The smallest absolute Gasteiger partial charge is 0.150 e. The van der Waals surface area contributed by atoms with Crippen LogP contribution in [0.15, 0.2) is 54.6 Å². The van der Waals surface area contributed by atoms with Crippen molar-refractivity contribution in [1.82, 2.24) is 0 Å². The highest BCUT2D eigenvalue weighted by atomic mass is 16.5. The maximum atomic E-state index is 11.2. The average Bonchev–Trinajstić information content (AvgIpc) is 2.50. The van der Waals surface area contributed by atoms with E-state index in [1.54, 1.807) is 25.3 Å². The number of carbonyl (C=O) groups is 1. The minimum Gasteiger partial charge on any atom is -0.508 e. The second-order valence-electron chi connectivity index (χ2n) is 4.34. The molecule has 102 valence electrons. The summed E-state index contributed by atoms with van der Waals surface area (Å²) >= 11 is 0. The summed E-state index contributed by atoms with van der Waals surface area (Å²) in [6.07, 6.45) is 3.12. The first-order valence-electron chi connectivity index (χ1n) is 6.31. The number of rotatable bonds is 5. The third kappa shape index (κ3) is 3.26. The first-order valence-corrected chi connectivity index (χ1v) is 6.31. The molecular formula is C17H16O3. The van der Waals surface area contributed by atoms with Crippen molar-refractivity contribution in [3.05, 3.63) is 65.7 Å². The van der Waals surface area contributed by atoms with E-state index >= 15 is 0 Å². The van der Waals surface area contributed by atoms with Crippen molar-refractivity contribution in [2.75, 3.05) is 7.11 Å². The van der Waals surface area contributed by atoms with Crippen molar-refractivity contribution in [1.29, 1.82) is 0 Å². The highest BCUT2D eigenvalue weighted by molar-refractivity contribution is 6.06. The van der Waals surface area contributed by atoms with Crippen LogP contribution in [0.3, 0.4) is 0 Å². The molecule has 0 aliphatic heterocycles. The van der Waals surface area contributed by atoms with Gasteiger partial charge in [0.25, 0.3) is 0 Å². The zero-order chi connectivity index (χ0) is 14.4. The molecule has 2 rings (SSSR count). The Hall–Kier alpha value is -2.55. The summed E-state index contributed by atoms with van der Waals surface area (Å²) < 4.78 is 5.03. The van der Waals surface area contributed by atoms with Crippen molar-refractivity contribution in [3.8, 4) is 11.5 Å². The Morgan fingerprint density at radius 1 is 1.20 bits per heavy atom. The Labute approximate surface area is 118 Å². The molecule has 0 fully saturated rings. The summed E-state index contributed by atoms with van der Waals surface area (Å²) in [6, 6.07) is 14.6. The van der Waals surface area contributed by atoms with Crippen LogP contribution in [0, 0.1) is 0 Å². The van der Waals surface area contributed by atoms with Crippen LogP contribution in [-0.4, -0.2) is 18.5 Å². The molecular weight excluding hydrogens is 252 g/mol. The standard InChI is InChI=1S/C17H16O3/c1-20-16-10-9-14(17(19)11-16)7-8-15(12-18)13-5-3-2-4-6-13/h2-6,8-12,19H,7H2,1H3. The van der Waals surface area contributed by atoms with E-state index in [-0.39, 0.29) is 5.75 Å². The minimum absolute atomic E-state index is 0.166. The quantitative estimate of drug-likeness (QED) is 0.669. The number of phenols is 1. The van der Waals surface area contributed by atoms with Gasteiger partial charge in [0.05, 0.1) is 7.11 Å². The second kappa shape index (κ2) is 6.57. The largest absolute Gasteiger partial charge is 0.508 e. The van der Waals surface area contributed by atoms with Gasteiger partial charge in [-0.1, -0.05) is 42.5 Å². The Kier molecular flexibility index (Phi) is 4.56. The van der Waals surface area contributed by atoms with E-state index < -0.39 is 0 Å². The second-order valence-corrected chi connectivity index (χ2v) is 4.34. The van der Waals surface area contributed by atoms with Gasteiger partial charge in [0.15, 0.2) is 0 Å². The average molecular weight is 268 g/mol. The van der Waals surface area contributed by atoms with Crippen molar-refractivity contribution >= 4 is 11.9 Å². The monoisotopic (exact) mass is 268 g/mol. The molecule has 3 heteroatoms. The van der Waals surface area contributed by atoms with Gasteiger partial charge in [0.2, 0.25) is 0 Å². The van der Waals surface area contributed by atoms with E-state index in [0.717, 1.165) is 17.4 Å². The number of carbonyl (C=O) groups excluding carboxylic acids is 1. The minimum atomic E-state index is 0.166. The van der Waals surface area contributed by atoms with Gasteiger partial charge in [0.1, 0.15) is 17.8 Å². The molecule has 2 aromatic rings. The number of aromatic hydroxyl groups is 1. The van der Waals surface area contributed by atoms with Crippen LogP contribution < -0.4 is 4.74 Å². The number of hydrogen-bond acceptors (Lipinski definition) is 3. The summed E-state index contributed by atoms with van der Waals surface area (Å²) in [6.45, 7) is 0. The van der Waals surface area contributed by atoms with Gasteiger partial charge in [-0.15, -0.1) is 0 Å². The lowest BCUT2D eigenvalue weighted by molar-refractivity contribution is -0.103. The summed E-state index contributed by atoms with van der Waals surface area (Å²) in [4.78, 5) is 11.2. The van der Waals surface area contributed by atoms with Crippen LogP contribution in [0.25, 0.3) is 5.57 Å². The van der Waals surface area contributed by atoms with Crippen molar-refractivity contribution < 1.29 is 14.6 Å². The topological polar surface area (TPSA) is 46.5 Å². The molecule has 0 amide bonds. The van der Waals surface area contributed by atoms with Gasteiger partial charge >= 0.3 is 0 Å². The molecule has 0 atom stereocenters. The molecule has 0 aromatic heterocycles. The van der Waals surface area contributed by atoms with E-state index in [4.69, 9.17) is 4.74 Å². The Morgan fingerprint density at radius 2 is 1.95 bits per heavy atom.